The van der Waals surface area contributed by atoms with Gasteiger partial charge >= 0.3 is 0 Å². The number of nitrogens with two attached hydrogens (primary N) is 2. The molecule has 1 saturated heterocycles. The van der Waals surface area contributed by atoms with Crippen molar-refractivity contribution < 1.29 is 9.53 Å². The highest BCUT2D eigenvalue weighted by molar-refractivity contribution is 5.95. The number of nitrogens with zero attached hydrogens (tertiary/aromatic N) is 2. The molecule has 0 aromatic carbocycles. The standard InChI is InChI=1S/C13H20N4O2/c14-10-8-17(16-11(10)12(15)18)9-3-6-19-13(7-9)4-1-2-5-13/h8-9H,1-7,14H2,(H2,15,18). The van der Waals surface area contributed by atoms with Crippen molar-refractivity contribution >= 4 is 11.6 Å². The fourth-order valence-corrected chi connectivity index (χ4v) is 3.38. The largest absolute Gasteiger partial charge is 0.396 e. The fourth-order valence-electron chi connectivity index (χ4n) is 3.38. The molecule has 1 atom stereocenters. The number of aromatic nitrogens is 2. The maximum Gasteiger partial charge on any atom is 0.271 e. The van der Waals surface area contributed by atoms with E-state index in [0.29, 0.717) is 5.69 Å². The minimum atomic E-state index is -0.570. The Bertz CT molecular complexity index is 491. The van der Waals surface area contributed by atoms with Crippen LogP contribution in [-0.4, -0.2) is 27.9 Å². The first-order valence-corrected chi connectivity index (χ1v) is 6.88. The van der Waals surface area contributed by atoms with E-state index in [0.717, 1.165) is 32.3 Å². The molecule has 6 heteroatoms. The number of carbonyl (C=O) groups is 1. The average molecular weight is 264 g/mol. The monoisotopic (exact) mass is 264 g/mol. The van der Waals surface area contributed by atoms with Gasteiger partial charge in [0.05, 0.1) is 17.3 Å². The third-order valence-electron chi connectivity index (χ3n) is 4.35. The molecule has 1 aromatic heterocycles. The molecule has 1 amide bonds. The molecule has 1 spiro atoms. The maximum atomic E-state index is 11.2. The van der Waals surface area contributed by atoms with Crippen molar-refractivity contribution in [1.82, 2.24) is 9.78 Å². The third kappa shape index (κ3) is 2.20. The molecular formula is C13H20N4O2. The van der Waals surface area contributed by atoms with E-state index in [4.69, 9.17) is 16.2 Å². The van der Waals surface area contributed by atoms with Crippen molar-refractivity contribution in [2.24, 2.45) is 5.73 Å². The van der Waals surface area contributed by atoms with Gasteiger partial charge in [-0.15, -0.1) is 0 Å². The van der Waals surface area contributed by atoms with Crippen molar-refractivity contribution in [2.45, 2.75) is 50.2 Å². The second kappa shape index (κ2) is 4.52. The first kappa shape index (κ1) is 12.5. The lowest BCUT2D eigenvalue weighted by atomic mass is 9.89. The number of anilines is 1. The van der Waals surface area contributed by atoms with Gasteiger partial charge in [0.1, 0.15) is 0 Å². The quantitative estimate of drug-likeness (QED) is 0.839. The van der Waals surface area contributed by atoms with Crippen LogP contribution >= 0.6 is 0 Å². The summed E-state index contributed by atoms with van der Waals surface area (Å²) in [5.41, 5.74) is 11.6. The Kier molecular flexibility index (Phi) is 2.97. The molecule has 4 N–H and O–H groups in total. The molecular weight excluding hydrogens is 244 g/mol. The highest BCUT2D eigenvalue weighted by Gasteiger charge is 2.40. The number of amides is 1. The van der Waals surface area contributed by atoms with Gasteiger partial charge in [-0.3, -0.25) is 9.48 Å². The van der Waals surface area contributed by atoms with E-state index < -0.39 is 5.91 Å². The van der Waals surface area contributed by atoms with Crippen molar-refractivity contribution in [1.29, 1.82) is 0 Å². The average Bonchev–Trinajstić information content (AvgIpc) is 2.97. The van der Waals surface area contributed by atoms with Gasteiger partial charge in [0.25, 0.3) is 5.91 Å². The summed E-state index contributed by atoms with van der Waals surface area (Å²) >= 11 is 0. The molecule has 3 rings (SSSR count). The summed E-state index contributed by atoms with van der Waals surface area (Å²) in [5.74, 6) is -0.570. The van der Waals surface area contributed by atoms with Crippen molar-refractivity contribution in [2.75, 3.05) is 12.3 Å². The zero-order chi connectivity index (χ0) is 13.5. The second-order valence-corrected chi connectivity index (χ2v) is 5.66. The minimum Gasteiger partial charge on any atom is -0.396 e. The Morgan fingerprint density at radius 2 is 2.21 bits per heavy atom. The summed E-state index contributed by atoms with van der Waals surface area (Å²) in [6, 6.07) is 0.252. The van der Waals surface area contributed by atoms with Gasteiger partial charge in [-0.2, -0.15) is 5.10 Å². The van der Waals surface area contributed by atoms with E-state index in [1.165, 1.54) is 12.8 Å². The Hall–Kier alpha value is -1.56. The number of ether oxygens (including phenoxy) is 1. The van der Waals surface area contributed by atoms with Gasteiger partial charge in [-0.05, 0) is 25.7 Å². The van der Waals surface area contributed by atoms with Crippen molar-refractivity contribution in [3.8, 4) is 0 Å². The fraction of sp³-hybridized carbons (Fsp3) is 0.692. The third-order valence-corrected chi connectivity index (χ3v) is 4.35. The number of rotatable bonds is 2. The number of primary amides is 1. The molecule has 0 bridgehead atoms. The molecule has 104 valence electrons. The molecule has 2 fully saturated rings. The summed E-state index contributed by atoms with van der Waals surface area (Å²) in [7, 11) is 0. The molecule has 1 aliphatic heterocycles. The molecule has 1 aliphatic carbocycles. The van der Waals surface area contributed by atoms with E-state index in [-0.39, 0.29) is 17.3 Å². The van der Waals surface area contributed by atoms with E-state index in [1.807, 2.05) is 0 Å². The van der Waals surface area contributed by atoms with Crippen LogP contribution in [0.15, 0.2) is 6.20 Å². The topological polar surface area (TPSA) is 96.2 Å². The predicted molar refractivity (Wildman–Crippen MR) is 70.6 cm³/mol. The molecule has 2 heterocycles. The molecule has 1 aromatic rings. The van der Waals surface area contributed by atoms with E-state index in [9.17, 15) is 4.79 Å². The molecule has 19 heavy (non-hydrogen) atoms. The van der Waals surface area contributed by atoms with Crippen molar-refractivity contribution in [3.05, 3.63) is 11.9 Å². The van der Waals surface area contributed by atoms with Gasteiger partial charge in [0.15, 0.2) is 5.69 Å². The first-order chi connectivity index (χ1) is 9.10. The summed E-state index contributed by atoms with van der Waals surface area (Å²) in [6.07, 6.45) is 8.30. The van der Waals surface area contributed by atoms with Crippen molar-refractivity contribution in [3.63, 3.8) is 0 Å². The Labute approximate surface area is 112 Å². The predicted octanol–water partition coefficient (Wildman–Crippen LogP) is 1.23. The van der Waals surface area contributed by atoms with Crippen LogP contribution in [0.25, 0.3) is 0 Å². The normalized spacial score (nSPS) is 25.8. The van der Waals surface area contributed by atoms with Crippen LogP contribution in [0, 0.1) is 0 Å². The van der Waals surface area contributed by atoms with Crippen LogP contribution in [0.1, 0.15) is 55.1 Å². The number of hydrogen-bond donors (Lipinski definition) is 2. The van der Waals surface area contributed by atoms with Crippen LogP contribution < -0.4 is 11.5 Å². The number of nitrogen functional groups attached to an aromatic ring is 1. The minimum absolute atomic E-state index is 0.0243. The van der Waals surface area contributed by atoms with E-state index in [2.05, 4.69) is 5.10 Å². The lowest BCUT2D eigenvalue weighted by Gasteiger charge is -2.38. The molecule has 0 radical (unpaired) electrons. The molecule has 2 aliphatic rings. The lowest BCUT2D eigenvalue weighted by molar-refractivity contribution is -0.0910. The van der Waals surface area contributed by atoms with Crippen LogP contribution in [0.5, 0.6) is 0 Å². The summed E-state index contributed by atoms with van der Waals surface area (Å²) in [4.78, 5) is 11.2. The summed E-state index contributed by atoms with van der Waals surface area (Å²) in [5, 5.41) is 4.25. The number of carbonyl (C=O) groups excluding carboxylic acids is 1. The van der Waals surface area contributed by atoms with E-state index >= 15 is 0 Å². The summed E-state index contributed by atoms with van der Waals surface area (Å²) in [6.45, 7) is 0.746. The molecule has 6 nitrogen and oxygen atoms in total. The maximum absolute atomic E-state index is 11.2. The highest BCUT2D eigenvalue weighted by Crippen LogP contribution is 2.43. The van der Waals surface area contributed by atoms with Crippen LogP contribution in [-0.2, 0) is 4.74 Å². The van der Waals surface area contributed by atoms with Crippen LogP contribution in [0.2, 0.25) is 0 Å². The Balaban J connectivity index is 1.82. The van der Waals surface area contributed by atoms with Crippen LogP contribution in [0.4, 0.5) is 5.69 Å². The zero-order valence-electron chi connectivity index (χ0n) is 11.0. The van der Waals surface area contributed by atoms with Gasteiger partial charge in [0.2, 0.25) is 0 Å². The summed E-state index contributed by atoms with van der Waals surface area (Å²) < 4.78 is 7.80. The van der Waals surface area contributed by atoms with Gasteiger partial charge in [0, 0.05) is 12.8 Å². The van der Waals surface area contributed by atoms with E-state index in [1.54, 1.807) is 10.9 Å². The van der Waals surface area contributed by atoms with Gasteiger partial charge < -0.3 is 16.2 Å². The van der Waals surface area contributed by atoms with Crippen LogP contribution in [0.3, 0.4) is 0 Å². The lowest BCUT2D eigenvalue weighted by Crippen LogP contribution is -2.38. The molecule has 1 saturated carbocycles. The first-order valence-electron chi connectivity index (χ1n) is 6.88. The Morgan fingerprint density at radius 1 is 1.47 bits per heavy atom. The Morgan fingerprint density at radius 3 is 2.84 bits per heavy atom. The second-order valence-electron chi connectivity index (χ2n) is 5.66. The smallest absolute Gasteiger partial charge is 0.271 e. The van der Waals surface area contributed by atoms with Gasteiger partial charge in [-0.1, -0.05) is 12.8 Å². The number of hydrogen-bond acceptors (Lipinski definition) is 4. The zero-order valence-corrected chi connectivity index (χ0v) is 11.0. The van der Waals surface area contributed by atoms with Gasteiger partial charge in [-0.25, -0.2) is 0 Å². The highest BCUT2D eigenvalue weighted by atomic mass is 16.5. The molecule has 1 unspecified atom stereocenters. The SMILES string of the molecule is NC(=O)c1nn(C2CCOC3(CCCC3)C2)cc1N.